The Balaban J connectivity index is 0.00000192. The number of nitrogens with one attached hydrogen (secondary N) is 1. The minimum absolute atomic E-state index is 0. The maximum atomic E-state index is 12.9. The van der Waals surface area contributed by atoms with Crippen LogP contribution in [0, 0.1) is 5.95 Å². The minimum Gasteiger partial charge on any atom is -0.369 e. The van der Waals surface area contributed by atoms with Gasteiger partial charge in [-0.1, -0.05) is 23.2 Å². The van der Waals surface area contributed by atoms with Crippen LogP contribution in [0.3, 0.4) is 0 Å². The fourth-order valence-electron chi connectivity index (χ4n) is 2.69. The average Bonchev–Trinajstić information content (AvgIpc) is 2.94. The molecule has 1 N–H and O–H groups in total. The van der Waals surface area contributed by atoms with Gasteiger partial charge in [0, 0.05) is 35.7 Å². The van der Waals surface area contributed by atoms with E-state index in [1.54, 1.807) is 18.3 Å². The predicted octanol–water partition coefficient (Wildman–Crippen LogP) is 4.32. The fourth-order valence-corrected chi connectivity index (χ4v) is 3.26. The summed E-state index contributed by atoms with van der Waals surface area (Å²) in [6, 6.07) is 9.09. The van der Waals surface area contributed by atoms with Crippen LogP contribution in [0.1, 0.15) is 12.0 Å². The molecule has 2 aromatic rings. The van der Waals surface area contributed by atoms with Gasteiger partial charge in [-0.3, -0.25) is 0 Å². The molecule has 1 saturated heterocycles. The average molecular weight is 377 g/mol. The first kappa shape index (κ1) is 18.3. The molecule has 7 heteroatoms. The highest BCUT2D eigenvalue weighted by molar-refractivity contribution is 6.34. The first-order valence-electron chi connectivity index (χ1n) is 7.15. The lowest BCUT2D eigenvalue weighted by molar-refractivity contribution is 0.551. The Morgan fingerprint density at radius 1 is 1.22 bits per heavy atom. The van der Waals surface area contributed by atoms with Crippen molar-refractivity contribution in [2.75, 3.05) is 18.0 Å². The van der Waals surface area contributed by atoms with E-state index in [4.69, 9.17) is 23.2 Å². The van der Waals surface area contributed by atoms with Crippen LogP contribution in [0.5, 0.6) is 0 Å². The van der Waals surface area contributed by atoms with E-state index in [1.807, 2.05) is 12.1 Å². The second kappa shape index (κ2) is 8.15. The number of aromatic nitrogens is 1. The van der Waals surface area contributed by atoms with Gasteiger partial charge in [0.15, 0.2) is 0 Å². The molecule has 0 bridgehead atoms. The van der Waals surface area contributed by atoms with E-state index in [-0.39, 0.29) is 12.4 Å². The van der Waals surface area contributed by atoms with Crippen molar-refractivity contribution < 1.29 is 4.39 Å². The number of hydrogen-bond donors (Lipinski definition) is 1. The standard InChI is InChI=1S/C16H16Cl2FN3.ClH/c17-12-5-11(6-13(18)7-12)8-20-14-3-4-22(10-14)15-1-2-16(19)21-9-15;/h1-2,5-7,9,14,20H,3-4,8,10H2;1H. The first-order chi connectivity index (χ1) is 10.6. The maximum absolute atomic E-state index is 12.9. The minimum atomic E-state index is -0.449. The summed E-state index contributed by atoms with van der Waals surface area (Å²) in [5, 5.41) is 4.81. The van der Waals surface area contributed by atoms with Crippen molar-refractivity contribution in [2.24, 2.45) is 0 Å². The highest BCUT2D eigenvalue weighted by atomic mass is 35.5. The SMILES string of the molecule is Cl.Fc1ccc(N2CCC(NCc3cc(Cl)cc(Cl)c3)C2)cn1. The molecule has 3 rings (SSSR count). The normalized spacial score (nSPS) is 17.2. The number of rotatable bonds is 4. The van der Waals surface area contributed by atoms with Crippen LogP contribution in [0.4, 0.5) is 10.1 Å². The van der Waals surface area contributed by atoms with Crippen molar-refractivity contribution >= 4 is 41.3 Å². The summed E-state index contributed by atoms with van der Waals surface area (Å²) in [6.45, 7) is 2.53. The first-order valence-corrected chi connectivity index (χ1v) is 7.90. The Hall–Kier alpha value is -1.07. The molecule has 3 nitrogen and oxygen atoms in total. The number of nitrogens with zero attached hydrogens (tertiary/aromatic N) is 2. The molecular weight excluding hydrogens is 360 g/mol. The molecule has 1 aliphatic heterocycles. The largest absolute Gasteiger partial charge is 0.369 e. The number of benzene rings is 1. The summed E-state index contributed by atoms with van der Waals surface area (Å²) < 4.78 is 12.9. The number of halogens is 4. The quantitative estimate of drug-likeness (QED) is 0.806. The summed E-state index contributed by atoms with van der Waals surface area (Å²) in [5.74, 6) is -0.449. The Kier molecular flexibility index (Phi) is 6.48. The molecule has 0 radical (unpaired) electrons. The van der Waals surface area contributed by atoms with Crippen molar-refractivity contribution in [3.63, 3.8) is 0 Å². The topological polar surface area (TPSA) is 28.2 Å². The molecule has 0 aliphatic carbocycles. The molecule has 1 aromatic carbocycles. The molecule has 1 fully saturated rings. The molecule has 1 aliphatic rings. The third-order valence-electron chi connectivity index (χ3n) is 3.78. The van der Waals surface area contributed by atoms with E-state index in [1.165, 1.54) is 6.07 Å². The van der Waals surface area contributed by atoms with Gasteiger partial charge < -0.3 is 10.2 Å². The van der Waals surface area contributed by atoms with Crippen molar-refractivity contribution in [1.82, 2.24) is 10.3 Å². The summed E-state index contributed by atoms with van der Waals surface area (Å²) >= 11 is 12.0. The molecule has 124 valence electrons. The Labute approximate surface area is 151 Å². The van der Waals surface area contributed by atoms with Crippen molar-refractivity contribution in [3.05, 3.63) is 58.1 Å². The van der Waals surface area contributed by atoms with Crippen LogP contribution in [0.15, 0.2) is 36.5 Å². The highest BCUT2D eigenvalue weighted by Crippen LogP contribution is 2.21. The van der Waals surface area contributed by atoms with Gasteiger partial charge in [-0.2, -0.15) is 4.39 Å². The molecule has 1 atom stereocenters. The molecule has 0 amide bonds. The molecule has 0 saturated carbocycles. The number of pyridine rings is 1. The molecule has 23 heavy (non-hydrogen) atoms. The van der Waals surface area contributed by atoms with E-state index >= 15 is 0 Å². The van der Waals surface area contributed by atoms with Gasteiger partial charge in [-0.15, -0.1) is 12.4 Å². The number of anilines is 1. The van der Waals surface area contributed by atoms with Crippen LogP contribution in [-0.4, -0.2) is 24.1 Å². The van der Waals surface area contributed by atoms with Gasteiger partial charge in [0.2, 0.25) is 5.95 Å². The van der Waals surface area contributed by atoms with Crippen LogP contribution in [0.2, 0.25) is 10.0 Å². The van der Waals surface area contributed by atoms with Gasteiger partial charge in [0.1, 0.15) is 0 Å². The van der Waals surface area contributed by atoms with Crippen molar-refractivity contribution in [1.29, 1.82) is 0 Å². The van der Waals surface area contributed by atoms with Gasteiger partial charge in [-0.05, 0) is 42.3 Å². The van der Waals surface area contributed by atoms with E-state index in [0.29, 0.717) is 16.1 Å². The highest BCUT2D eigenvalue weighted by Gasteiger charge is 2.22. The lowest BCUT2D eigenvalue weighted by Crippen LogP contribution is -2.32. The lowest BCUT2D eigenvalue weighted by Gasteiger charge is -2.18. The predicted molar refractivity (Wildman–Crippen MR) is 95.4 cm³/mol. The third kappa shape index (κ3) is 4.95. The number of hydrogen-bond acceptors (Lipinski definition) is 3. The summed E-state index contributed by atoms with van der Waals surface area (Å²) in [4.78, 5) is 5.91. The van der Waals surface area contributed by atoms with E-state index in [2.05, 4.69) is 15.2 Å². The summed E-state index contributed by atoms with van der Waals surface area (Å²) in [6.07, 6.45) is 2.61. The van der Waals surface area contributed by atoms with Crippen molar-refractivity contribution in [3.8, 4) is 0 Å². The van der Waals surface area contributed by atoms with E-state index < -0.39 is 5.95 Å². The zero-order valence-electron chi connectivity index (χ0n) is 12.3. The van der Waals surface area contributed by atoms with Gasteiger partial charge in [-0.25, -0.2) is 4.98 Å². The Morgan fingerprint density at radius 2 is 1.96 bits per heavy atom. The molecular formula is C16H17Cl3FN3. The van der Waals surface area contributed by atoms with Crippen molar-refractivity contribution in [2.45, 2.75) is 19.0 Å². The fraction of sp³-hybridized carbons (Fsp3) is 0.312. The Morgan fingerprint density at radius 3 is 2.61 bits per heavy atom. The van der Waals surface area contributed by atoms with E-state index in [0.717, 1.165) is 37.3 Å². The molecule has 2 heterocycles. The summed E-state index contributed by atoms with van der Waals surface area (Å²) in [5.41, 5.74) is 2.02. The summed E-state index contributed by atoms with van der Waals surface area (Å²) in [7, 11) is 0. The molecule has 1 aromatic heterocycles. The maximum Gasteiger partial charge on any atom is 0.212 e. The van der Waals surface area contributed by atoms with Crippen LogP contribution >= 0.6 is 35.6 Å². The smallest absolute Gasteiger partial charge is 0.212 e. The second-order valence-corrected chi connectivity index (χ2v) is 6.30. The van der Waals surface area contributed by atoms with Gasteiger partial charge >= 0.3 is 0 Å². The van der Waals surface area contributed by atoms with Crippen LogP contribution in [-0.2, 0) is 6.54 Å². The van der Waals surface area contributed by atoms with Crippen LogP contribution in [0.25, 0.3) is 0 Å². The zero-order valence-corrected chi connectivity index (χ0v) is 14.6. The molecule has 1 unspecified atom stereocenters. The second-order valence-electron chi connectivity index (χ2n) is 5.43. The van der Waals surface area contributed by atoms with Gasteiger partial charge in [0.25, 0.3) is 0 Å². The van der Waals surface area contributed by atoms with E-state index in [9.17, 15) is 4.39 Å². The lowest BCUT2D eigenvalue weighted by atomic mass is 10.2. The molecule has 0 spiro atoms. The van der Waals surface area contributed by atoms with Crippen LogP contribution < -0.4 is 10.2 Å². The Bertz CT molecular complexity index is 631. The third-order valence-corrected chi connectivity index (χ3v) is 4.22. The van der Waals surface area contributed by atoms with Gasteiger partial charge in [0.05, 0.1) is 11.9 Å². The monoisotopic (exact) mass is 375 g/mol. The zero-order chi connectivity index (χ0) is 15.5.